The summed E-state index contributed by atoms with van der Waals surface area (Å²) in [5, 5.41) is 10.7. The third kappa shape index (κ3) is 3.45. The summed E-state index contributed by atoms with van der Waals surface area (Å²) in [5.74, 6) is -1.25. The first-order chi connectivity index (χ1) is 9.40. The smallest absolute Gasteiger partial charge is 0.322 e. The number of aromatic amines is 1. The lowest BCUT2D eigenvalue weighted by atomic mass is 10.2. The monoisotopic (exact) mass is 379 g/mol. The Labute approximate surface area is 127 Å². The second-order valence-electron chi connectivity index (χ2n) is 3.85. The summed E-state index contributed by atoms with van der Waals surface area (Å²) >= 11 is 4.13. The van der Waals surface area contributed by atoms with Crippen molar-refractivity contribution in [3.05, 3.63) is 34.1 Å². The summed E-state index contributed by atoms with van der Waals surface area (Å²) in [4.78, 5) is 17.7. The van der Waals surface area contributed by atoms with E-state index in [2.05, 4.69) is 30.6 Å². The lowest BCUT2D eigenvalue weighted by molar-refractivity contribution is -0.138. The molecule has 0 bridgehead atoms. The maximum Gasteiger partial charge on any atom is 0.322 e. The molecule has 0 spiro atoms. The van der Waals surface area contributed by atoms with Crippen molar-refractivity contribution < 1.29 is 18.3 Å². The highest BCUT2D eigenvalue weighted by atomic mass is 79.9. The van der Waals surface area contributed by atoms with E-state index in [1.54, 1.807) is 11.4 Å². The number of rotatable bonds is 6. The zero-order valence-corrected chi connectivity index (χ0v) is 13.1. The van der Waals surface area contributed by atoms with Crippen LogP contribution in [-0.2, 0) is 21.2 Å². The van der Waals surface area contributed by atoms with E-state index in [0.29, 0.717) is 10.2 Å². The molecule has 2 aromatic heterocycles. The molecule has 1 atom stereocenters. The molecular weight excluding hydrogens is 370 g/mol. The average Bonchev–Trinajstić information content (AvgIpc) is 2.99. The van der Waals surface area contributed by atoms with Gasteiger partial charge in [-0.3, -0.25) is 4.79 Å². The summed E-state index contributed by atoms with van der Waals surface area (Å²) in [6.45, 7) is 0. The summed E-state index contributed by atoms with van der Waals surface area (Å²) in [7, 11) is -3.89. The molecule has 10 heteroatoms. The van der Waals surface area contributed by atoms with Gasteiger partial charge in [0, 0.05) is 22.8 Å². The van der Waals surface area contributed by atoms with Gasteiger partial charge in [-0.1, -0.05) is 0 Å². The van der Waals surface area contributed by atoms with Gasteiger partial charge in [-0.25, -0.2) is 13.4 Å². The largest absolute Gasteiger partial charge is 0.480 e. The number of halogens is 1. The number of carboxylic acid groups (broad SMARTS) is 1. The minimum Gasteiger partial charge on any atom is -0.480 e. The molecular formula is C10H10BrN3O4S2. The number of nitrogens with zero attached hydrogens (tertiary/aromatic N) is 1. The van der Waals surface area contributed by atoms with E-state index in [4.69, 9.17) is 5.11 Å². The molecule has 0 amide bonds. The summed E-state index contributed by atoms with van der Waals surface area (Å²) in [5.41, 5.74) is 0.533. The first-order valence-corrected chi connectivity index (χ1v) is 8.51. The molecule has 2 aromatic rings. The SMILES string of the molecule is O=C(O)[C@@H](Cc1cnc[nH]1)NS(=O)(=O)c1sccc1Br. The van der Waals surface area contributed by atoms with Crippen LogP contribution in [0.3, 0.4) is 0 Å². The van der Waals surface area contributed by atoms with E-state index in [0.717, 1.165) is 11.3 Å². The van der Waals surface area contributed by atoms with Gasteiger partial charge >= 0.3 is 5.97 Å². The number of aromatic nitrogens is 2. The number of H-pyrrole nitrogens is 1. The summed E-state index contributed by atoms with van der Waals surface area (Å²) in [6, 6.07) is 0.318. The lowest BCUT2D eigenvalue weighted by Crippen LogP contribution is -2.42. The highest BCUT2D eigenvalue weighted by Crippen LogP contribution is 2.27. The fourth-order valence-corrected chi connectivity index (χ4v) is 5.05. The van der Waals surface area contributed by atoms with Crippen LogP contribution in [0.25, 0.3) is 0 Å². The van der Waals surface area contributed by atoms with Crippen molar-refractivity contribution >= 4 is 43.3 Å². The highest BCUT2D eigenvalue weighted by Gasteiger charge is 2.28. The zero-order valence-electron chi connectivity index (χ0n) is 9.91. The Morgan fingerprint density at radius 3 is 2.85 bits per heavy atom. The molecule has 20 heavy (non-hydrogen) atoms. The van der Waals surface area contributed by atoms with E-state index < -0.39 is 22.0 Å². The third-order valence-corrected chi connectivity index (χ3v) is 6.54. The molecule has 2 heterocycles. The van der Waals surface area contributed by atoms with Gasteiger partial charge in [-0.15, -0.1) is 11.3 Å². The second kappa shape index (κ2) is 6.04. The van der Waals surface area contributed by atoms with Gasteiger partial charge < -0.3 is 10.1 Å². The molecule has 0 fully saturated rings. The van der Waals surface area contributed by atoms with Gasteiger partial charge in [-0.2, -0.15) is 4.72 Å². The molecule has 108 valence electrons. The van der Waals surface area contributed by atoms with Crippen LogP contribution in [0.2, 0.25) is 0 Å². The number of hydrogen-bond acceptors (Lipinski definition) is 5. The number of hydrogen-bond donors (Lipinski definition) is 3. The van der Waals surface area contributed by atoms with Crippen molar-refractivity contribution in [2.45, 2.75) is 16.7 Å². The Bertz CT molecular complexity index is 696. The molecule has 0 aliphatic carbocycles. The summed E-state index contributed by atoms with van der Waals surface area (Å²) in [6.07, 6.45) is 2.83. The number of carboxylic acids is 1. The number of sulfonamides is 1. The number of carbonyl (C=O) groups is 1. The summed E-state index contributed by atoms with van der Waals surface area (Å²) < 4.78 is 26.9. The van der Waals surface area contributed by atoms with Gasteiger partial charge in [0.05, 0.1) is 6.33 Å². The van der Waals surface area contributed by atoms with Crippen LogP contribution in [0.4, 0.5) is 0 Å². The third-order valence-electron chi connectivity index (χ3n) is 2.40. The first-order valence-electron chi connectivity index (χ1n) is 5.35. The predicted molar refractivity (Wildman–Crippen MR) is 76.1 cm³/mol. The molecule has 0 aliphatic heterocycles. The lowest BCUT2D eigenvalue weighted by Gasteiger charge is -2.13. The minimum atomic E-state index is -3.89. The Morgan fingerprint density at radius 1 is 1.60 bits per heavy atom. The Balaban J connectivity index is 2.20. The molecule has 0 saturated carbocycles. The number of imidazole rings is 1. The van der Waals surface area contributed by atoms with Crippen molar-refractivity contribution in [3.63, 3.8) is 0 Å². The Kier molecular flexibility index (Phi) is 4.58. The fraction of sp³-hybridized carbons (Fsp3) is 0.200. The van der Waals surface area contributed by atoms with Crippen LogP contribution < -0.4 is 4.72 Å². The van der Waals surface area contributed by atoms with Crippen molar-refractivity contribution in [3.8, 4) is 0 Å². The van der Waals surface area contributed by atoms with E-state index in [9.17, 15) is 13.2 Å². The molecule has 0 aliphatic rings. The predicted octanol–water partition coefficient (Wildman–Crippen LogP) is 1.21. The second-order valence-corrected chi connectivity index (χ2v) is 7.53. The van der Waals surface area contributed by atoms with Gasteiger partial charge in [0.2, 0.25) is 0 Å². The normalized spacial score (nSPS) is 13.2. The standard InChI is InChI=1S/C10H10BrN3O4S2/c11-7-1-2-19-10(7)20(17,18)14-8(9(15)16)3-6-4-12-5-13-6/h1-2,4-5,8,14H,3H2,(H,12,13)(H,15,16)/t8-/m1/s1. The van der Waals surface area contributed by atoms with Crippen LogP contribution in [0, 0.1) is 0 Å². The van der Waals surface area contributed by atoms with Crippen LogP contribution in [0.1, 0.15) is 5.69 Å². The van der Waals surface area contributed by atoms with Crippen molar-refractivity contribution in [1.82, 2.24) is 14.7 Å². The number of thiophene rings is 1. The molecule has 0 radical (unpaired) electrons. The van der Waals surface area contributed by atoms with Crippen LogP contribution in [0.15, 0.2) is 32.7 Å². The number of aliphatic carboxylic acids is 1. The first kappa shape index (κ1) is 15.2. The Hall–Kier alpha value is -1.23. The van der Waals surface area contributed by atoms with Crippen LogP contribution in [-0.4, -0.2) is 35.5 Å². The quantitative estimate of drug-likeness (QED) is 0.697. The van der Waals surface area contributed by atoms with Crippen molar-refractivity contribution in [2.24, 2.45) is 0 Å². The maximum absolute atomic E-state index is 12.1. The highest BCUT2D eigenvalue weighted by molar-refractivity contribution is 9.10. The number of nitrogens with one attached hydrogen (secondary N) is 2. The minimum absolute atomic E-state index is 0.0163. The Morgan fingerprint density at radius 2 is 2.35 bits per heavy atom. The van der Waals surface area contributed by atoms with Crippen molar-refractivity contribution in [2.75, 3.05) is 0 Å². The van der Waals surface area contributed by atoms with Gasteiger partial charge in [0.15, 0.2) is 0 Å². The van der Waals surface area contributed by atoms with Crippen LogP contribution >= 0.6 is 27.3 Å². The molecule has 3 N–H and O–H groups in total. The van der Waals surface area contributed by atoms with Crippen LogP contribution in [0.5, 0.6) is 0 Å². The van der Waals surface area contributed by atoms with E-state index >= 15 is 0 Å². The molecule has 0 unspecified atom stereocenters. The van der Waals surface area contributed by atoms with Gasteiger partial charge in [-0.05, 0) is 27.4 Å². The molecule has 0 saturated heterocycles. The zero-order chi connectivity index (χ0) is 14.8. The van der Waals surface area contributed by atoms with Gasteiger partial charge in [0.1, 0.15) is 10.3 Å². The fourth-order valence-electron chi connectivity index (χ4n) is 1.51. The maximum atomic E-state index is 12.1. The molecule has 2 rings (SSSR count). The molecule has 0 aromatic carbocycles. The van der Waals surface area contributed by atoms with E-state index in [1.807, 2.05) is 0 Å². The van der Waals surface area contributed by atoms with Crippen molar-refractivity contribution in [1.29, 1.82) is 0 Å². The topological polar surface area (TPSA) is 112 Å². The average molecular weight is 380 g/mol. The van der Waals surface area contributed by atoms with Gasteiger partial charge in [0.25, 0.3) is 10.0 Å². The van der Waals surface area contributed by atoms with E-state index in [-0.39, 0.29) is 10.6 Å². The van der Waals surface area contributed by atoms with E-state index in [1.165, 1.54) is 12.5 Å². The molecule has 7 nitrogen and oxygen atoms in total.